The molecule has 1 saturated carbocycles. The Morgan fingerprint density at radius 2 is 1.89 bits per heavy atom. The predicted octanol–water partition coefficient (Wildman–Crippen LogP) is 3.98. The lowest BCUT2D eigenvalue weighted by molar-refractivity contribution is 0.305. The smallest absolute Gasteiger partial charge is 0.119 e. The van der Waals surface area contributed by atoms with Gasteiger partial charge in [-0.3, -0.25) is 0 Å². The van der Waals surface area contributed by atoms with Crippen molar-refractivity contribution in [3.63, 3.8) is 0 Å². The molecule has 0 aliphatic heterocycles. The lowest BCUT2D eigenvalue weighted by Crippen LogP contribution is -2.17. The molecular formula is C15H22BrNO. The highest BCUT2D eigenvalue weighted by atomic mass is 79.9. The second-order valence-electron chi connectivity index (χ2n) is 5.16. The Morgan fingerprint density at radius 3 is 2.50 bits per heavy atom. The van der Waals surface area contributed by atoms with E-state index >= 15 is 0 Å². The van der Waals surface area contributed by atoms with E-state index in [4.69, 9.17) is 4.74 Å². The van der Waals surface area contributed by atoms with Crippen molar-refractivity contribution in [2.24, 2.45) is 0 Å². The average molecular weight is 312 g/mol. The number of ether oxygens (including phenoxy) is 1. The molecule has 0 saturated heterocycles. The minimum atomic E-state index is 0.812. The molecule has 0 radical (unpaired) electrons. The Labute approximate surface area is 118 Å². The monoisotopic (exact) mass is 311 g/mol. The van der Waals surface area contributed by atoms with E-state index in [9.17, 15) is 0 Å². The van der Waals surface area contributed by atoms with Gasteiger partial charge in [0.05, 0.1) is 6.61 Å². The minimum Gasteiger partial charge on any atom is -0.494 e. The van der Waals surface area contributed by atoms with Gasteiger partial charge in [-0.2, -0.15) is 0 Å². The van der Waals surface area contributed by atoms with Crippen LogP contribution < -0.4 is 10.1 Å². The number of rotatable bonds is 7. The first-order valence-corrected chi connectivity index (χ1v) is 7.59. The van der Waals surface area contributed by atoms with Crippen molar-refractivity contribution in [1.82, 2.24) is 5.32 Å². The molecule has 0 unspecified atom stereocenters. The van der Waals surface area contributed by atoms with Crippen LogP contribution >= 0.6 is 15.9 Å². The maximum absolute atomic E-state index is 5.80. The number of hydrogen-bond acceptors (Lipinski definition) is 2. The van der Waals surface area contributed by atoms with E-state index in [1.807, 2.05) is 0 Å². The summed E-state index contributed by atoms with van der Waals surface area (Å²) in [5.74, 6) is 0.989. The molecule has 0 heterocycles. The standard InChI is InChI=1S/C15H22BrNO/c1-11-9-14(10-12(2)15(11)16)18-8-4-3-7-17-13-5-6-13/h9-10,13,17H,3-8H2,1-2H3. The molecule has 100 valence electrons. The van der Waals surface area contributed by atoms with E-state index in [0.717, 1.165) is 31.4 Å². The molecule has 0 bridgehead atoms. The number of benzene rings is 1. The molecule has 2 nitrogen and oxygen atoms in total. The number of unbranched alkanes of at least 4 members (excludes halogenated alkanes) is 1. The zero-order valence-electron chi connectivity index (χ0n) is 11.3. The maximum atomic E-state index is 5.80. The molecule has 0 atom stereocenters. The van der Waals surface area contributed by atoms with Crippen molar-refractivity contribution >= 4 is 15.9 Å². The van der Waals surface area contributed by atoms with Crippen molar-refractivity contribution in [2.75, 3.05) is 13.2 Å². The van der Waals surface area contributed by atoms with Gasteiger partial charge in [0.1, 0.15) is 5.75 Å². The molecule has 1 aliphatic carbocycles. The summed E-state index contributed by atoms with van der Waals surface area (Å²) in [6.45, 7) is 6.15. The van der Waals surface area contributed by atoms with Crippen LogP contribution in [0.25, 0.3) is 0 Å². The summed E-state index contributed by atoms with van der Waals surface area (Å²) >= 11 is 3.57. The van der Waals surface area contributed by atoms with E-state index in [1.165, 1.54) is 34.9 Å². The van der Waals surface area contributed by atoms with Gasteiger partial charge in [-0.05, 0) is 69.3 Å². The van der Waals surface area contributed by atoms with Crippen LogP contribution in [0.5, 0.6) is 5.75 Å². The Kier molecular flexibility index (Phi) is 5.07. The third-order valence-electron chi connectivity index (χ3n) is 3.26. The highest BCUT2D eigenvalue weighted by molar-refractivity contribution is 9.10. The van der Waals surface area contributed by atoms with Gasteiger partial charge in [-0.1, -0.05) is 15.9 Å². The number of halogens is 1. The Morgan fingerprint density at radius 1 is 1.22 bits per heavy atom. The summed E-state index contributed by atoms with van der Waals surface area (Å²) in [4.78, 5) is 0. The third kappa shape index (κ3) is 4.29. The van der Waals surface area contributed by atoms with Crippen molar-refractivity contribution in [2.45, 2.75) is 45.6 Å². The van der Waals surface area contributed by atoms with Crippen LogP contribution in [0, 0.1) is 13.8 Å². The van der Waals surface area contributed by atoms with E-state index in [-0.39, 0.29) is 0 Å². The van der Waals surface area contributed by atoms with Gasteiger partial charge < -0.3 is 10.1 Å². The lowest BCUT2D eigenvalue weighted by atomic mass is 10.1. The van der Waals surface area contributed by atoms with Crippen LogP contribution in [0.3, 0.4) is 0 Å². The molecular weight excluding hydrogens is 290 g/mol. The molecule has 1 N–H and O–H groups in total. The topological polar surface area (TPSA) is 21.3 Å². The van der Waals surface area contributed by atoms with Crippen LogP contribution in [0.15, 0.2) is 16.6 Å². The van der Waals surface area contributed by atoms with Gasteiger partial charge in [0.2, 0.25) is 0 Å². The van der Waals surface area contributed by atoms with Gasteiger partial charge >= 0.3 is 0 Å². The largest absolute Gasteiger partial charge is 0.494 e. The van der Waals surface area contributed by atoms with Gasteiger partial charge in [0, 0.05) is 10.5 Å². The van der Waals surface area contributed by atoms with Crippen LogP contribution in [-0.4, -0.2) is 19.2 Å². The third-order valence-corrected chi connectivity index (χ3v) is 4.51. The fraction of sp³-hybridized carbons (Fsp3) is 0.600. The van der Waals surface area contributed by atoms with Crippen LogP contribution in [0.2, 0.25) is 0 Å². The molecule has 2 rings (SSSR count). The highest BCUT2D eigenvalue weighted by Gasteiger charge is 2.19. The Hall–Kier alpha value is -0.540. The van der Waals surface area contributed by atoms with Crippen LogP contribution in [-0.2, 0) is 0 Å². The highest BCUT2D eigenvalue weighted by Crippen LogP contribution is 2.26. The van der Waals surface area contributed by atoms with E-state index in [2.05, 4.69) is 47.2 Å². The zero-order chi connectivity index (χ0) is 13.0. The first kappa shape index (κ1) is 13.9. The summed E-state index contributed by atoms with van der Waals surface area (Å²) < 4.78 is 6.98. The second-order valence-corrected chi connectivity index (χ2v) is 5.95. The molecule has 1 aromatic rings. The second kappa shape index (κ2) is 6.58. The first-order valence-electron chi connectivity index (χ1n) is 6.80. The number of hydrogen-bond donors (Lipinski definition) is 1. The van der Waals surface area contributed by atoms with Gasteiger partial charge in [0.15, 0.2) is 0 Å². The predicted molar refractivity (Wildman–Crippen MR) is 79.4 cm³/mol. The summed E-state index contributed by atoms with van der Waals surface area (Å²) in [5.41, 5.74) is 2.47. The van der Waals surface area contributed by atoms with Gasteiger partial charge in [-0.15, -0.1) is 0 Å². The van der Waals surface area contributed by atoms with Crippen molar-refractivity contribution in [1.29, 1.82) is 0 Å². The Bertz CT molecular complexity index is 378. The maximum Gasteiger partial charge on any atom is 0.119 e. The normalized spacial score (nSPS) is 14.8. The van der Waals surface area contributed by atoms with E-state index in [1.54, 1.807) is 0 Å². The molecule has 1 fully saturated rings. The summed E-state index contributed by atoms with van der Waals surface area (Å²) in [7, 11) is 0. The number of aryl methyl sites for hydroxylation is 2. The molecule has 1 aliphatic rings. The fourth-order valence-corrected chi connectivity index (χ4v) is 2.23. The van der Waals surface area contributed by atoms with Gasteiger partial charge in [-0.25, -0.2) is 0 Å². The van der Waals surface area contributed by atoms with E-state index in [0.29, 0.717) is 0 Å². The van der Waals surface area contributed by atoms with Crippen molar-refractivity contribution in [3.8, 4) is 5.75 Å². The zero-order valence-corrected chi connectivity index (χ0v) is 12.8. The van der Waals surface area contributed by atoms with Crippen LogP contribution in [0.1, 0.15) is 36.8 Å². The number of nitrogens with one attached hydrogen (secondary N) is 1. The average Bonchev–Trinajstić information content (AvgIpc) is 3.14. The summed E-state index contributed by atoms with van der Waals surface area (Å²) in [5, 5.41) is 3.52. The fourth-order valence-electron chi connectivity index (χ4n) is 2.00. The minimum absolute atomic E-state index is 0.812. The summed E-state index contributed by atoms with van der Waals surface area (Å²) in [6, 6.07) is 5.02. The van der Waals surface area contributed by atoms with Crippen molar-refractivity contribution in [3.05, 3.63) is 27.7 Å². The quantitative estimate of drug-likeness (QED) is 0.769. The van der Waals surface area contributed by atoms with Crippen molar-refractivity contribution < 1.29 is 4.74 Å². The van der Waals surface area contributed by atoms with E-state index < -0.39 is 0 Å². The molecule has 3 heteroatoms. The molecule has 0 spiro atoms. The van der Waals surface area contributed by atoms with Crippen LogP contribution in [0.4, 0.5) is 0 Å². The summed E-state index contributed by atoms with van der Waals surface area (Å²) in [6.07, 6.45) is 5.06. The molecule has 1 aromatic carbocycles. The SMILES string of the molecule is Cc1cc(OCCCCNC2CC2)cc(C)c1Br. The lowest BCUT2D eigenvalue weighted by Gasteiger charge is -2.10. The van der Waals surface area contributed by atoms with Gasteiger partial charge in [0.25, 0.3) is 0 Å². The molecule has 18 heavy (non-hydrogen) atoms. The molecule has 0 aromatic heterocycles. The Balaban J connectivity index is 1.66. The molecule has 0 amide bonds. The first-order chi connectivity index (χ1) is 8.66.